The molecule has 13 heavy (non-hydrogen) atoms. The maximum atomic E-state index is 5.53. The maximum absolute atomic E-state index is 5.53. The van der Waals surface area contributed by atoms with E-state index >= 15 is 0 Å². The molecule has 0 aromatic heterocycles. The predicted octanol–water partition coefficient (Wildman–Crippen LogP) is 3.51. The quantitative estimate of drug-likeness (QED) is 0.612. The molecule has 1 aromatic rings. The molecule has 0 saturated heterocycles. The molecule has 0 fully saturated rings. The van der Waals surface area contributed by atoms with Crippen molar-refractivity contribution in [3.63, 3.8) is 0 Å². The number of hydrogen-bond donors (Lipinski definition) is 0. The van der Waals surface area contributed by atoms with Gasteiger partial charge in [0.15, 0.2) is 0 Å². The van der Waals surface area contributed by atoms with Gasteiger partial charge in [-0.25, -0.2) is 0 Å². The summed E-state index contributed by atoms with van der Waals surface area (Å²) >= 11 is 4.25. The second-order valence-electron chi connectivity index (χ2n) is 2.58. The summed E-state index contributed by atoms with van der Waals surface area (Å²) in [5.41, 5.74) is 0. The number of ether oxygens (including phenoxy) is 1. The summed E-state index contributed by atoms with van der Waals surface area (Å²) in [6.45, 7) is 4.17. The average molecular weight is 295 g/mol. The van der Waals surface area contributed by atoms with Crippen molar-refractivity contribution in [1.29, 1.82) is 0 Å². The van der Waals surface area contributed by atoms with E-state index in [1.54, 1.807) is 0 Å². The van der Waals surface area contributed by atoms with E-state index in [-0.39, 0.29) is 0 Å². The van der Waals surface area contributed by atoms with Crippen LogP contribution in [0.1, 0.15) is 20.3 Å². The van der Waals surface area contributed by atoms with Crippen molar-refractivity contribution in [2.75, 3.05) is 0 Å². The molecule has 0 amide bonds. The van der Waals surface area contributed by atoms with Gasteiger partial charge in [0.05, 0.1) is 6.10 Å². The van der Waals surface area contributed by atoms with E-state index in [0.717, 1.165) is 12.2 Å². The summed E-state index contributed by atoms with van der Waals surface area (Å²) in [5, 5.41) is 0. The topological polar surface area (TPSA) is 9.23 Å². The van der Waals surface area contributed by atoms with Crippen LogP contribution in [-0.2, 0) is 16.3 Å². The van der Waals surface area contributed by atoms with Crippen LogP contribution in [0.15, 0.2) is 24.3 Å². The van der Waals surface area contributed by atoms with Crippen LogP contribution in [0.5, 0.6) is 5.75 Å². The van der Waals surface area contributed by atoms with E-state index in [2.05, 4.69) is 33.5 Å². The third-order valence-electron chi connectivity index (χ3n) is 1.59. The minimum atomic E-state index is 0.297. The molecule has 1 nitrogen and oxygen atoms in total. The Morgan fingerprint density at radius 1 is 1.62 bits per heavy atom. The molecule has 0 aliphatic heterocycles. The fourth-order valence-electron chi connectivity index (χ4n) is 0.766. The van der Waals surface area contributed by atoms with Crippen LogP contribution >= 0.6 is 13.6 Å². The van der Waals surface area contributed by atoms with E-state index in [0.29, 0.717) is 6.10 Å². The van der Waals surface area contributed by atoms with Gasteiger partial charge in [0, 0.05) is 5.75 Å². The molecule has 3 heteroatoms. The normalized spacial score (nSPS) is 11.2. The second kappa shape index (κ2) is 8.71. The molecule has 0 N–H and O–H groups in total. The van der Waals surface area contributed by atoms with Gasteiger partial charge in [-0.3, -0.25) is 0 Å². The summed E-state index contributed by atoms with van der Waals surface area (Å²) in [5.74, 6) is 0.904. The van der Waals surface area contributed by atoms with Crippen molar-refractivity contribution in [3.8, 4) is 5.75 Å². The molecule has 68 valence electrons. The van der Waals surface area contributed by atoms with Crippen molar-refractivity contribution in [1.82, 2.24) is 0 Å². The van der Waals surface area contributed by atoms with E-state index in [1.165, 1.54) is 16.3 Å². The molecule has 0 heterocycles. The van der Waals surface area contributed by atoms with Crippen molar-refractivity contribution in [2.45, 2.75) is 26.4 Å². The van der Waals surface area contributed by atoms with E-state index in [1.807, 2.05) is 24.3 Å². The molecule has 1 rings (SSSR count). The summed E-state index contributed by atoms with van der Waals surface area (Å²) in [7, 11) is 0. The van der Waals surface area contributed by atoms with Gasteiger partial charge in [-0.05, 0) is 13.3 Å². The first-order chi connectivity index (χ1) is 6.33. The Kier molecular flexibility index (Phi) is 8.79. The molecule has 0 saturated carbocycles. The first-order valence-corrected chi connectivity index (χ1v) is 11.2. The third kappa shape index (κ3) is 6.23. The molecule has 1 unspecified atom stereocenters. The summed E-state index contributed by atoms with van der Waals surface area (Å²) in [6, 6.07) is 10.6. The zero-order valence-electron chi connectivity index (χ0n) is 8.09. The van der Waals surface area contributed by atoms with Crippen LogP contribution in [-0.4, -0.2) is 6.10 Å². The van der Waals surface area contributed by atoms with Crippen LogP contribution in [0.3, 0.4) is 0 Å². The number of rotatable bonds is 3. The van der Waals surface area contributed by atoms with Crippen molar-refractivity contribution in [3.05, 3.63) is 30.3 Å². The first kappa shape index (κ1) is 13.1. The number of halogens is 1. The fourth-order valence-corrected chi connectivity index (χ4v) is 0.766. The predicted molar refractivity (Wildman–Crippen MR) is 54.6 cm³/mol. The van der Waals surface area contributed by atoms with Gasteiger partial charge >= 0.3 is 30.0 Å². The Morgan fingerprint density at radius 2 is 2.31 bits per heavy atom. The van der Waals surface area contributed by atoms with E-state index in [9.17, 15) is 0 Å². The SMILES string of the molecule is CCC(C)Oc1c[c-]ccc1.[Zn+][Br]. The fraction of sp³-hybridized carbons (Fsp3) is 0.400. The monoisotopic (exact) mass is 292 g/mol. The van der Waals surface area contributed by atoms with Crippen LogP contribution in [0.4, 0.5) is 0 Å². The molecule has 1 atom stereocenters. The van der Waals surface area contributed by atoms with Crippen molar-refractivity contribution < 1.29 is 21.1 Å². The van der Waals surface area contributed by atoms with Gasteiger partial charge < -0.3 is 4.74 Å². The van der Waals surface area contributed by atoms with Gasteiger partial charge in [0.25, 0.3) is 0 Å². The summed E-state index contributed by atoms with van der Waals surface area (Å²) < 4.78 is 5.53. The Bertz CT molecular complexity index is 203. The summed E-state index contributed by atoms with van der Waals surface area (Å²) in [6.07, 6.45) is 1.33. The van der Waals surface area contributed by atoms with E-state index < -0.39 is 0 Å². The van der Waals surface area contributed by atoms with Crippen LogP contribution in [0.25, 0.3) is 0 Å². The van der Waals surface area contributed by atoms with Crippen molar-refractivity contribution >= 4 is 13.6 Å². The van der Waals surface area contributed by atoms with Gasteiger partial charge in [-0.1, -0.05) is 6.92 Å². The van der Waals surface area contributed by atoms with Crippen LogP contribution in [0, 0.1) is 6.07 Å². The Hall–Kier alpha value is 0.123. The zero-order chi connectivity index (χ0) is 10.1. The Morgan fingerprint density at radius 3 is 2.77 bits per heavy atom. The molecular formula is C10H13BrOZn. The Balaban J connectivity index is 0.000000671. The Labute approximate surface area is 96.9 Å². The molecule has 1 aromatic carbocycles. The van der Waals surface area contributed by atoms with Crippen LogP contribution < -0.4 is 4.74 Å². The molecule has 0 aliphatic carbocycles. The number of hydrogen-bond acceptors (Lipinski definition) is 1. The third-order valence-corrected chi connectivity index (χ3v) is 1.59. The van der Waals surface area contributed by atoms with Gasteiger partial charge in [-0.15, -0.1) is 12.1 Å². The molecule has 0 spiro atoms. The standard InChI is InChI=1S/C10H13O.BrH.Zn/c1-3-9(2)11-10-7-5-4-6-8-10;;/h4-5,7-9H,3H2,1-2H3;1H;/q-1;;+2/p-1. The molecule has 0 radical (unpaired) electrons. The zero-order valence-corrected chi connectivity index (χ0v) is 12.6. The van der Waals surface area contributed by atoms with Gasteiger partial charge in [-0.2, -0.15) is 18.2 Å². The van der Waals surface area contributed by atoms with Gasteiger partial charge in [0.2, 0.25) is 0 Å². The molecule has 0 bridgehead atoms. The molecular weight excluding hydrogens is 281 g/mol. The average Bonchev–Trinajstić information content (AvgIpc) is 2.22. The molecule has 0 aliphatic rings. The van der Waals surface area contributed by atoms with Crippen LogP contribution in [0.2, 0.25) is 0 Å². The minimum absolute atomic E-state index is 0.297. The first-order valence-electron chi connectivity index (χ1n) is 4.22. The van der Waals surface area contributed by atoms with Gasteiger partial charge in [0.1, 0.15) is 0 Å². The second-order valence-corrected chi connectivity index (χ2v) is 2.58. The summed E-state index contributed by atoms with van der Waals surface area (Å²) in [4.78, 5) is 0. The number of benzene rings is 1. The van der Waals surface area contributed by atoms with Crippen molar-refractivity contribution in [2.24, 2.45) is 0 Å². The van der Waals surface area contributed by atoms with E-state index in [4.69, 9.17) is 4.74 Å².